The molecule has 0 aromatic rings. The van der Waals surface area contributed by atoms with Crippen molar-refractivity contribution in [3.8, 4) is 0 Å². The molecule has 0 aliphatic heterocycles. The fourth-order valence-corrected chi connectivity index (χ4v) is 1.07. The van der Waals surface area contributed by atoms with Gasteiger partial charge in [0.05, 0.1) is 13.2 Å². The van der Waals surface area contributed by atoms with E-state index in [4.69, 9.17) is 0 Å². The molecule has 0 aliphatic rings. The van der Waals surface area contributed by atoms with E-state index >= 15 is 0 Å². The van der Waals surface area contributed by atoms with Gasteiger partial charge in [-0.15, -0.1) is 0 Å². The molecule has 1 amide bonds. The van der Waals surface area contributed by atoms with Crippen LogP contribution in [0, 0.1) is 0 Å². The van der Waals surface area contributed by atoms with E-state index in [0.717, 1.165) is 0 Å². The first-order valence-electron chi connectivity index (χ1n) is 5.19. The molecule has 0 aromatic carbocycles. The Kier molecular flexibility index (Phi) is 7.62. The number of hydrogen-bond donors (Lipinski definition) is 2. The molecule has 1 atom stereocenters. The van der Waals surface area contributed by atoms with Gasteiger partial charge in [-0.2, -0.15) is 0 Å². The smallest absolute Gasteiger partial charge is 0.305 e. The lowest BCUT2D eigenvalue weighted by Crippen LogP contribution is -2.42. The maximum atomic E-state index is 11.3. The second kappa shape index (κ2) is 8.23. The highest BCUT2D eigenvalue weighted by molar-refractivity contribution is 5.81. The summed E-state index contributed by atoms with van der Waals surface area (Å²) in [5, 5.41) is 5.74. The molecule has 0 rings (SSSR count). The molecule has 5 nitrogen and oxygen atoms in total. The van der Waals surface area contributed by atoms with Crippen LogP contribution >= 0.6 is 0 Å². The number of nitrogens with one attached hydrogen (secondary N) is 2. The van der Waals surface area contributed by atoms with Gasteiger partial charge in [-0.05, 0) is 26.8 Å². The molecule has 0 saturated carbocycles. The van der Waals surface area contributed by atoms with E-state index in [1.165, 1.54) is 7.11 Å². The quantitative estimate of drug-likeness (QED) is 0.466. The van der Waals surface area contributed by atoms with E-state index in [0.29, 0.717) is 25.9 Å². The van der Waals surface area contributed by atoms with Gasteiger partial charge in [0, 0.05) is 13.0 Å². The van der Waals surface area contributed by atoms with Gasteiger partial charge in [0.15, 0.2) is 0 Å². The maximum Gasteiger partial charge on any atom is 0.305 e. The molecule has 0 heterocycles. The molecule has 2 N–H and O–H groups in total. The molecule has 88 valence electrons. The van der Waals surface area contributed by atoms with E-state index in [2.05, 4.69) is 15.4 Å². The van der Waals surface area contributed by atoms with Gasteiger partial charge in [0.2, 0.25) is 5.91 Å². The van der Waals surface area contributed by atoms with E-state index < -0.39 is 0 Å². The highest BCUT2D eigenvalue weighted by Gasteiger charge is 2.10. The van der Waals surface area contributed by atoms with Gasteiger partial charge >= 0.3 is 5.97 Å². The minimum absolute atomic E-state index is 0.0180. The van der Waals surface area contributed by atoms with E-state index in [-0.39, 0.29) is 17.9 Å². The highest BCUT2D eigenvalue weighted by Crippen LogP contribution is 1.91. The predicted octanol–water partition coefficient (Wildman–Crippen LogP) is 0.0538. The summed E-state index contributed by atoms with van der Waals surface area (Å²) >= 11 is 0. The Hall–Kier alpha value is -1.10. The molecule has 0 bridgehead atoms. The minimum atomic E-state index is -0.220. The van der Waals surface area contributed by atoms with Crippen LogP contribution in [0.25, 0.3) is 0 Å². The van der Waals surface area contributed by atoms with Crippen LogP contribution in [0.5, 0.6) is 0 Å². The summed E-state index contributed by atoms with van der Waals surface area (Å²) in [6, 6.07) is -0.220. The van der Waals surface area contributed by atoms with Crippen LogP contribution in [0.1, 0.15) is 26.7 Å². The zero-order valence-corrected chi connectivity index (χ0v) is 9.63. The Bertz CT molecular complexity index is 207. The SMILES string of the molecule is CCNC(=O)C(C)NCCCC(=O)OC. The Morgan fingerprint density at radius 3 is 2.60 bits per heavy atom. The van der Waals surface area contributed by atoms with Gasteiger partial charge in [0.25, 0.3) is 0 Å². The zero-order chi connectivity index (χ0) is 11.7. The van der Waals surface area contributed by atoms with Gasteiger partial charge in [-0.25, -0.2) is 0 Å². The van der Waals surface area contributed by atoms with Crippen LogP contribution in [0.3, 0.4) is 0 Å². The number of rotatable bonds is 7. The normalized spacial score (nSPS) is 11.9. The number of carbonyl (C=O) groups excluding carboxylic acids is 2. The van der Waals surface area contributed by atoms with Crippen LogP contribution in [0.4, 0.5) is 0 Å². The summed E-state index contributed by atoms with van der Waals surface area (Å²) in [7, 11) is 1.37. The lowest BCUT2D eigenvalue weighted by molar-refractivity contribution is -0.140. The van der Waals surface area contributed by atoms with Crippen molar-refractivity contribution in [2.75, 3.05) is 20.2 Å². The summed E-state index contributed by atoms with van der Waals surface area (Å²) in [4.78, 5) is 22.0. The van der Waals surface area contributed by atoms with E-state index in [1.807, 2.05) is 6.92 Å². The first kappa shape index (κ1) is 13.9. The summed E-state index contributed by atoms with van der Waals surface area (Å²) < 4.78 is 4.50. The zero-order valence-electron chi connectivity index (χ0n) is 9.63. The first-order valence-corrected chi connectivity index (χ1v) is 5.19. The van der Waals surface area contributed by atoms with Crippen LogP contribution in [0.15, 0.2) is 0 Å². The van der Waals surface area contributed by atoms with E-state index in [1.54, 1.807) is 6.92 Å². The molecule has 15 heavy (non-hydrogen) atoms. The Morgan fingerprint density at radius 1 is 1.40 bits per heavy atom. The van der Waals surface area contributed by atoms with Crippen molar-refractivity contribution in [1.82, 2.24) is 10.6 Å². The van der Waals surface area contributed by atoms with Gasteiger partial charge in [0.1, 0.15) is 0 Å². The van der Waals surface area contributed by atoms with Gasteiger partial charge in [-0.1, -0.05) is 0 Å². The molecule has 0 radical (unpaired) electrons. The fourth-order valence-electron chi connectivity index (χ4n) is 1.07. The average molecular weight is 216 g/mol. The molecular formula is C10H20N2O3. The van der Waals surface area contributed by atoms with E-state index in [9.17, 15) is 9.59 Å². The highest BCUT2D eigenvalue weighted by atomic mass is 16.5. The van der Waals surface area contributed by atoms with Crippen molar-refractivity contribution < 1.29 is 14.3 Å². The molecule has 0 fully saturated rings. The average Bonchev–Trinajstić information content (AvgIpc) is 2.23. The van der Waals surface area contributed by atoms with Crippen LogP contribution in [0.2, 0.25) is 0 Å². The molecule has 0 spiro atoms. The third-order valence-corrected chi connectivity index (χ3v) is 1.98. The molecule has 0 aromatic heterocycles. The Balaban J connectivity index is 3.50. The summed E-state index contributed by atoms with van der Waals surface area (Å²) in [5.74, 6) is -0.238. The second-order valence-electron chi connectivity index (χ2n) is 3.25. The van der Waals surface area contributed by atoms with Crippen LogP contribution < -0.4 is 10.6 Å². The minimum Gasteiger partial charge on any atom is -0.469 e. The fraction of sp³-hybridized carbons (Fsp3) is 0.800. The third kappa shape index (κ3) is 6.90. The Labute approximate surface area is 90.6 Å². The van der Waals surface area contributed by atoms with Crippen LogP contribution in [-0.4, -0.2) is 38.1 Å². The predicted molar refractivity (Wildman–Crippen MR) is 57.4 cm³/mol. The third-order valence-electron chi connectivity index (χ3n) is 1.98. The van der Waals surface area contributed by atoms with Crippen molar-refractivity contribution >= 4 is 11.9 Å². The molecular weight excluding hydrogens is 196 g/mol. The molecule has 1 unspecified atom stereocenters. The lowest BCUT2D eigenvalue weighted by Gasteiger charge is -2.12. The van der Waals surface area contributed by atoms with Crippen molar-refractivity contribution in [2.45, 2.75) is 32.7 Å². The number of esters is 1. The second-order valence-corrected chi connectivity index (χ2v) is 3.25. The van der Waals surface area contributed by atoms with Crippen molar-refractivity contribution in [3.05, 3.63) is 0 Å². The topological polar surface area (TPSA) is 67.4 Å². The standard InChI is InChI=1S/C10H20N2O3/c1-4-11-10(14)8(2)12-7-5-6-9(13)15-3/h8,12H,4-7H2,1-3H3,(H,11,14). The Morgan fingerprint density at radius 2 is 2.07 bits per heavy atom. The van der Waals surface area contributed by atoms with Crippen molar-refractivity contribution in [3.63, 3.8) is 0 Å². The van der Waals surface area contributed by atoms with Gasteiger partial charge < -0.3 is 15.4 Å². The summed E-state index contributed by atoms with van der Waals surface area (Å²) in [6.07, 6.45) is 1.06. The first-order chi connectivity index (χ1) is 7.11. The number of likely N-dealkylation sites (N-methyl/N-ethyl adjacent to an activating group) is 1. The summed E-state index contributed by atoms with van der Waals surface area (Å²) in [6.45, 7) is 4.94. The van der Waals surface area contributed by atoms with Crippen molar-refractivity contribution in [2.24, 2.45) is 0 Å². The number of methoxy groups -OCH3 is 1. The lowest BCUT2D eigenvalue weighted by atomic mass is 10.2. The number of carbonyl (C=O) groups is 2. The molecule has 5 heteroatoms. The number of ether oxygens (including phenoxy) is 1. The molecule has 0 saturated heterocycles. The maximum absolute atomic E-state index is 11.3. The van der Waals surface area contributed by atoms with Gasteiger partial charge in [-0.3, -0.25) is 9.59 Å². The molecule has 0 aliphatic carbocycles. The largest absolute Gasteiger partial charge is 0.469 e. The monoisotopic (exact) mass is 216 g/mol. The number of hydrogen-bond acceptors (Lipinski definition) is 4. The number of amides is 1. The van der Waals surface area contributed by atoms with Crippen LogP contribution in [-0.2, 0) is 14.3 Å². The van der Waals surface area contributed by atoms with Crippen molar-refractivity contribution in [1.29, 1.82) is 0 Å². The summed E-state index contributed by atoms with van der Waals surface area (Å²) in [5.41, 5.74) is 0.